The third kappa shape index (κ3) is 12.3. The number of hydrogen-bond acceptors (Lipinski definition) is 3. The third-order valence-corrected chi connectivity index (χ3v) is 4.99. The van der Waals surface area contributed by atoms with Crippen LogP contribution in [0.1, 0.15) is 97.3 Å². The van der Waals surface area contributed by atoms with Gasteiger partial charge in [-0.2, -0.15) is 0 Å². The number of carboxylic acids is 1. The molecule has 0 aliphatic rings. The van der Waals surface area contributed by atoms with Gasteiger partial charge in [0.05, 0.1) is 0 Å². The summed E-state index contributed by atoms with van der Waals surface area (Å²) in [6.45, 7) is 4.40. The molecule has 0 rings (SSSR count). The quantitative estimate of drug-likeness (QED) is 0.149. The van der Waals surface area contributed by atoms with Crippen LogP contribution < -0.4 is 16.4 Å². The number of nitrogens with two attached hydrogens (primary N) is 1. The third-order valence-electron chi connectivity index (χ3n) is 4.99. The second-order valence-corrected chi connectivity index (χ2v) is 7.31. The summed E-state index contributed by atoms with van der Waals surface area (Å²) >= 11 is 0. The van der Waals surface area contributed by atoms with Crippen LogP contribution in [0.3, 0.4) is 0 Å². The highest BCUT2D eigenvalue weighted by atomic mass is 16.4. The molecule has 158 valence electrons. The summed E-state index contributed by atoms with van der Waals surface area (Å²) in [5.74, 6) is -1.34. The summed E-state index contributed by atoms with van der Waals surface area (Å²) in [5.41, 5.74) is 3.98. The molecule has 0 radical (unpaired) electrons. The summed E-state index contributed by atoms with van der Waals surface area (Å²) in [6.07, 6.45) is 12.1. The van der Waals surface area contributed by atoms with Crippen LogP contribution in [0.4, 0.5) is 0 Å². The molecule has 0 heterocycles. The molecule has 0 aromatic heterocycles. The molecule has 1 atom stereocenters. The Hall–Kier alpha value is -1.79. The first-order chi connectivity index (χ1) is 12.9. The molecule has 7 nitrogen and oxygen atoms in total. The normalized spacial score (nSPS) is 13.0. The predicted molar refractivity (Wildman–Crippen MR) is 110 cm³/mol. The van der Waals surface area contributed by atoms with Gasteiger partial charge in [0.25, 0.3) is 0 Å². The van der Waals surface area contributed by atoms with E-state index in [1.807, 2.05) is 0 Å². The number of nitrogens with one attached hydrogen (secondary N) is 3. The van der Waals surface area contributed by atoms with Gasteiger partial charge in [-0.15, -0.1) is 0 Å². The van der Waals surface area contributed by atoms with Crippen molar-refractivity contribution in [1.29, 1.82) is 5.41 Å². The molecule has 0 unspecified atom stereocenters. The first-order valence-electron chi connectivity index (χ1n) is 10.5. The smallest absolute Gasteiger partial charge is 0.329 e. The largest absolute Gasteiger partial charge is 0.480 e. The SMILES string of the molecule is CCCCCCCCCCCC(=O)N[C@@](CC)(CCCNC(=N)N)C(=O)O. The number of guanidine groups is 1. The van der Waals surface area contributed by atoms with Crippen molar-refractivity contribution in [2.75, 3.05) is 6.54 Å². The maximum Gasteiger partial charge on any atom is 0.329 e. The van der Waals surface area contributed by atoms with Crippen molar-refractivity contribution < 1.29 is 14.7 Å². The average molecular weight is 385 g/mol. The number of carbonyl (C=O) groups is 2. The molecule has 6 N–H and O–H groups in total. The molecule has 0 aliphatic heterocycles. The predicted octanol–water partition coefficient (Wildman–Crippen LogP) is 3.52. The van der Waals surface area contributed by atoms with Crippen LogP contribution in [0.15, 0.2) is 0 Å². The van der Waals surface area contributed by atoms with Crippen molar-refractivity contribution in [3.63, 3.8) is 0 Å². The minimum Gasteiger partial charge on any atom is -0.480 e. The first-order valence-corrected chi connectivity index (χ1v) is 10.5. The summed E-state index contributed by atoms with van der Waals surface area (Å²) in [6, 6.07) is 0. The van der Waals surface area contributed by atoms with Crippen LogP contribution >= 0.6 is 0 Å². The second-order valence-electron chi connectivity index (χ2n) is 7.31. The highest BCUT2D eigenvalue weighted by molar-refractivity contribution is 5.87. The molecule has 0 aromatic carbocycles. The Morgan fingerprint density at radius 1 is 0.963 bits per heavy atom. The topological polar surface area (TPSA) is 128 Å². The molecule has 7 heteroatoms. The Bertz CT molecular complexity index is 443. The second kappa shape index (κ2) is 15.3. The lowest BCUT2D eigenvalue weighted by molar-refractivity contribution is -0.148. The lowest BCUT2D eigenvalue weighted by atomic mass is 9.90. The van der Waals surface area contributed by atoms with Gasteiger partial charge >= 0.3 is 5.97 Å². The minimum atomic E-state index is -1.24. The van der Waals surface area contributed by atoms with Crippen molar-refractivity contribution in [2.24, 2.45) is 5.73 Å². The molecule has 0 bridgehead atoms. The van der Waals surface area contributed by atoms with Gasteiger partial charge in [0, 0.05) is 13.0 Å². The highest BCUT2D eigenvalue weighted by Crippen LogP contribution is 2.19. The molecular formula is C20H40N4O3. The number of amides is 1. The number of aliphatic carboxylic acids is 1. The van der Waals surface area contributed by atoms with Gasteiger partial charge in [0.1, 0.15) is 5.54 Å². The van der Waals surface area contributed by atoms with E-state index in [4.69, 9.17) is 11.1 Å². The number of unbranched alkanes of at least 4 members (excludes halogenated alkanes) is 8. The van der Waals surface area contributed by atoms with E-state index in [9.17, 15) is 14.7 Å². The molecule has 0 saturated carbocycles. The summed E-state index contributed by atoms with van der Waals surface area (Å²) < 4.78 is 0. The van der Waals surface area contributed by atoms with Crippen molar-refractivity contribution in [2.45, 2.75) is 103 Å². The standard InChI is InChI=1S/C20H40N4O3/c1-3-5-6-7-8-9-10-11-12-14-17(25)24-20(4-2,18(26)27)15-13-16-23-19(21)22/h3-16H2,1-2H3,(H,24,25)(H,26,27)(H4,21,22,23)/t20-/m0/s1. The first kappa shape index (κ1) is 25.2. The zero-order valence-electron chi connectivity index (χ0n) is 17.2. The van der Waals surface area contributed by atoms with Gasteiger partial charge in [-0.3, -0.25) is 10.2 Å². The molecule has 0 fully saturated rings. The van der Waals surface area contributed by atoms with E-state index in [1.54, 1.807) is 6.92 Å². The Labute approximate surface area is 164 Å². The monoisotopic (exact) mass is 384 g/mol. The lowest BCUT2D eigenvalue weighted by Gasteiger charge is -2.29. The van der Waals surface area contributed by atoms with Crippen molar-refractivity contribution >= 4 is 17.8 Å². The van der Waals surface area contributed by atoms with Gasteiger partial charge in [-0.05, 0) is 25.7 Å². The Kier molecular flexibility index (Phi) is 14.3. The molecular weight excluding hydrogens is 344 g/mol. The van der Waals surface area contributed by atoms with Crippen LogP contribution in [0.5, 0.6) is 0 Å². The molecule has 0 aliphatic carbocycles. The number of carbonyl (C=O) groups excluding carboxylic acids is 1. The van der Waals surface area contributed by atoms with Crippen molar-refractivity contribution in [3.8, 4) is 0 Å². The van der Waals surface area contributed by atoms with Crippen LogP contribution in [-0.2, 0) is 9.59 Å². The van der Waals surface area contributed by atoms with Crippen molar-refractivity contribution in [3.05, 3.63) is 0 Å². The van der Waals surface area contributed by atoms with E-state index in [0.29, 0.717) is 32.2 Å². The van der Waals surface area contributed by atoms with Crippen molar-refractivity contribution in [1.82, 2.24) is 10.6 Å². The number of rotatable bonds is 17. The molecule has 27 heavy (non-hydrogen) atoms. The molecule has 0 saturated heterocycles. The number of carboxylic acid groups (broad SMARTS) is 1. The summed E-state index contributed by atoms with van der Waals surface area (Å²) in [7, 11) is 0. The highest BCUT2D eigenvalue weighted by Gasteiger charge is 2.37. The Morgan fingerprint density at radius 3 is 2.00 bits per heavy atom. The van der Waals surface area contributed by atoms with Crippen LogP contribution in [0, 0.1) is 5.41 Å². The average Bonchev–Trinajstić information content (AvgIpc) is 2.62. The van der Waals surface area contributed by atoms with Gasteiger partial charge < -0.3 is 21.5 Å². The summed E-state index contributed by atoms with van der Waals surface area (Å²) in [5, 5.41) is 22.1. The van der Waals surface area contributed by atoms with Crippen LogP contribution in [-0.4, -0.2) is 35.0 Å². The van der Waals surface area contributed by atoms with E-state index >= 15 is 0 Å². The van der Waals surface area contributed by atoms with Gasteiger partial charge in [0.2, 0.25) is 5.91 Å². The Balaban J connectivity index is 4.11. The summed E-state index contributed by atoms with van der Waals surface area (Å²) in [4.78, 5) is 24.0. The molecule has 0 spiro atoms. The maximum absolute atomic E-state index is 12.2. The lowest BCUT2D eigenvalue weighted by Crippen LogP contribution is -2.54. The van der Waals surface area contributed by atoms with Gasteiger partial charge in [-0.1, -0.05) is 65.2 Å². The van der Waals surface area contributed by atoms with Gasteiger partial charge in [-0.25, -0.2) is 4.79 Å². The zero-order valence-corrected chi connectivity index (χ0v) is 17.2. The maximum atomic E-state index is 12.2. The fourth-order valence-electron chi connectivity index (χ4n) is 3.18. The molecule has 1 amide bonds. The number of hydrogen-bond donors (Lipinski definition) is 5. The zero-order chi connectivity index (χ0) is 20.5. The van der Waals surface area contributed by atoms with Crippen LogP contribution in [0.2, 0.25) is 0 Å². The minimum absolute atomic E-state index is 0.137. The van der Waals surface area contributed by atoms with Gasteiger partial charge in [0.15, 0.2) is 5.96 Å². The van der Waals surface area contributed by atoms with E-state index in [-0.39, 0.29) is 11.9 Å². The van der Waals surface area contributed by atoms with E-state index < -0.39 is 11.5 Å². The molecule has 0 aromatic rings. The Morgan fingerprint density at radius 2 is 1.52 bits per heavy atom. The van der Waals surface area contributed by atoms with E-state index in [1.165, 1.54) is 38.5 Å². The van der Waals surface area contributed by atoms with E-state index in [2.05, 4.69) is 17.6 Å². The van der Waals surface area contributed by atoms with Crippen LogP contribution in [0.25, 0.3) is 0 Å². The van der Waals surface area contributed by atoms with E-state index in [0.717, 1.165) is 19.3 Å². The fourth-order valence-corrected chi connectivity index (χ4v) is 3.18. The fraction of sp³-hybridized carbons (Fsp3) is 0.850.